The van der Waals surface area contributed by atoms with Crippen LogP contribution >= 0.6 is 0 Å². The zero-order chi connectivity index (χ0) is 26.5. The molecule has 2 unspecified atom stereocenters. The molecule has 3 heterocycles. The molecule has 0 bridgehead atoms. The van der Waals surface area contributed by atoms with Crippen LogP contribution < -0.4 is 5.32 Å². The van der Waals surface area contributed by atoms with Gasteiger partial charge in [-0.1, -0.05) is 30.3 Å². The van der Waals surface area contributed by atoms with Crippen LogP contribution in [0.1, 0.15) is 31.7 Å². The molecule has 37 heavy (non-hydrogen) atoms. The van der Waals surface area contributed by atoms with Crippen molar-refractivity contribution >= 4 is 17.8 Å². The molecule has 0 spiro atoms. The molecule has 202 valence electrons. The van der Waals surface area contributed by atoms with Crippen molar-refractivity contribution in [1.82, 2.24) is 10.2 Å². The molecule has 0 aromatic heterocycles. The Morgan fingerprint density at radius 3 is 2.54 bits per heavy atom. The molecule has 0 aliphatic carbocycles. The second-order valence-electron chi connectivity index (χ2n) is 9.43. The molecule has 7 atom stereocenters. The Hall–Kier alpha value is -3.29. The zero-order valence-corrected chi connectivity index (χ0v) is 20.4. The van der Waals surface area contributed by atoms with Crippen LogP contribution in [-0.4, -0.2) is 95.2 Å². The molecule has 2 N–H and O–H groups in total. The van der Waals surface area contributed by atoms with E-state index in [0.29, 0.717) is 32.2 Å². The Morgan fingerprint density at radius 1 is 1.19 bits per heavy atom. The predicted octanol–water partition coefficient (Wildman–Crippen LogP) is 0.328. The third kappa shape index (κ3) is 6.35. The van der Waals surface area contributed by atoms with Crippen molar-refractivity contribution in [2.45, 2.75) is 75.1 Å². The van der Waals surface area contributed by atoms with Crippen LogP contribution in [0.4, 0.5) is 0 Å². The summed E-state index contributed by atoms with van der Waals surface area (Å²) in [6.07, 6.45) is -1.26. The van der Waals surface area contributed by atoms with Gasteiger partial charge in [0.05, 0.1) is 19.3 Å². The first kappa shape index (κ1) is 26.8. The van der Waals surface area contributed by atoms with Crippen LogP contribution in [0.2, 0.25) is 0 Å². The first-order valence-corrected chi connectivity index (χ1v) is 12.3. The second-order valence-corrected chi connectivity index (χ2v) is 9.43. The summed E-state index contributed by atoms with van der Waals surface area (Å²) in [6, 6.07) is 6.88. The van der Waals surface area contributed by atoms with Crippen molar-refractivity contribution in [2.24, 2.45) is 0 Å². The van der Waals surface area contributed by atoms with Gasteiger partial charge in [0.2, 0.25) is 5.91 Å². The summed E-state index contributed by atoms with van der Waals surface area (Å²) in [5, 5.41) is 22.3. The number of hydrogen-bond donors (Lipinski definition) is 2. The SMILES string of the molecule is C[C@H](N[C@@H](CCc1ccccc1)C(=O)O)C(=O)N1CCC[C@H]1C(=O)O[C@H]1COC2C1OC[C@H]2O[N+](=O)[O-]. The first-order valence-electron chi connectivity index (χ1n) is 12.3. The number of carboxylic acids is 1. The van der Waals surface area contributed by atoms with Gasteiger partial charge in [0.1, 0.15) is 24.3 Å². The van der Waals surface area contributed by atoms with Gasteiger partial charge in [0.15, 0.2) is 12.2 Å². The summed E-state index contributed by atoms with van der Waals surface area (Å²) in [5.41, 5.74) is 0.998. The van der Waals surface area contributed by atoms with Crippen LogP contribution in [0.3, 0.4) is 0 Å². The molecule has 0 radical (unpaired) electrons. The fourth-order valence-electron chi connectivity index (χ4n) is 5.09. The molecule has 0 saturated carbocycles. The molecule has 3 saturated heterocycles. The lowest BCUT2D eigenvalue weighted by Crippen LogP contribution is -2.53. The predicted molar refractivity (Wildman–Crippen MR) is 125 cm³/mol. The Morgan fingerprint density at radius 2 is 1.86 bits per heavy atom. The molecule has 3 fully saturated rings. The molecule has 1 amide bonds. The molecule has 13 nitrogen and oxygen atoms in total. The average molecular weight is 522 g/mol. The van der Waals surface area contributed by atoms with E-state index < -0.39 is 59.6 Å². The summed E-state index contributed by atoms with van der Waals surface area (Å²) >= 11 is 0. The molecule has 4 rings (SSSR count). The number of nitrogens with one attached hydrogen (secondary N) is 1. The molecule has 1 aromatic rings. The normalized spacial score (nSPS) is 28.4. The van der Waals surface area contributed by atoms with E-state index in [-0.39, 0.29) is 19.1 Å². The highest BCUT2D eigenvalue weighted by molar-refractivity contribution is 5.88. The van der Waals surface area contributed by atoms with Crippen molar-refractivity contribution in [2.75, 3.05) is 19.8 Å². The van der Waals surface area contributed by atoms with Gasteiger partial charge < -0.3 is 29.1 Å². The van der Waals surface area contributed by atoms with Gasteiger partial charge in [-0.05, 0) is 38.2 Å². The minimum Gasteiger partial charge on any atom is -0.480 e. The maximum atomic E-state index is 13.2. The number of ether oxygens (including phenoxy) is 3. The number of carbonyl (C=O) groups is 3. The Labute approximate surface area is 213 Å². The molecule has 13 heteroatoms. The van der Waals surface area contributed by atoms with E-state index in [1.165, 1.54) is 4.90 Å². The van der Waals surface area contributed by atoms with E-state index in [1.54, 1.807) is 6.92 Å². The number of nitrogens with zero attached hydrogens (tertiary/aromatic N) is 2. The van der Waals surface area contributed by atoms with E-state index >= 15 is 0 Å². The van der Waals surface area contributed by atoms with Crippen LogP contribution in [0.5, 0.6) is 0 Å². The summed E-state index contributed by atoms with van der Waals surface area (Å²) in [5.74, 6) is -2.06. The lowest BCUT2D eigenvalue weighted by molar-refractivity contribution is -0.769. The van der Waals surface area contributed by atoms with Crippen molar-refractivity contribution in [3.63, 3.8) is 0 Å². The third-order valence-electron chi connectivity index (χ3n) is 6.94. The van der Waals surface area contributed by atoms with Gasteiger partial charge in [0, 0.05) is 6.54 Å². The number of fused-ring (bicyclic) bond motifs is 1. The highest BCUT2D eigenvalue weighted by Gasteiger charge is 2.52. The quantitative estimate of drug-likeness (QED) is 0.234. The fraction of sp³-hybridized carbons (Fsp3) is 0.625. The van der Waals surface area contributed by atoms with Crippen LogP contribution in [-0.2, 0) is 39.9 Å². The number of carbonyl (C=O) groups excluding carboxylic acids is 2. The molecule has 1 aromatic carbocycles. The van der Waals surface area contributed by atoms with E-state index in [4.69, 9.17) is 14.2 Å². The Balaban J connectivity index is 1.31. The number of likely N-dealkylation sites (tertiary alicyclic amines) is 1. The van der Waals surface area contributed by atoms with Crippen molar-refractivity contribution < 1.29 is 43.6 Å². The molecular formula is C24H31N3O10. The van der Waals surface area contributed by atoms with Crippen LogP contribution in [0, 0.1) is 10.1 Å². The van der Waals surface area contributed by atoms with Crippen LogP contribution in [0.25, 0.3) is 0 Å². The largest absolute Gasteiger partial charge is 0.480 e. The number of esters is 1. The van der Waals surface area contributed by atoms with Gasteiger partial charge >= 0.3 is 11.9 Å². The maximum Gasteiger partial charge on any atom is 0.329 e. The minimum atomic E-state index is -1.06. The highest BCUT2D eigenvalue weighted by atomic mass is 17.0. The van der Waals surface area contributed by atoms with E-state index in [9.17, 15) is 29.6 Å². The summed E-state index contributed by atoms with van der Waals surface area (Å²) in [7, 11) is 0. The van der Waals surface area contributed by atoms with E-state index in [2.05, 4.69) is 10.2 Å². The standard InChI is InChI=1S/C24H31N3O10/c1-14(25-16(23(29)30)10-9-15-6-3-2-4-7-15)22(28)26-11-5-8-17(26)24(31)36-18-12-34-21-19(37-27(32)33)13-35-20(18)21/h2-4,6-7,14,16-21,25H,5,8-13H2,1H3,(H,29,30)/t14-,16-,17-,18-,19+,20?,21?/m0/s1. The number of aryl methyl sites for hydroxylation is 1. The Bertz CT molecular complexity index is 992. The summed E-state index contributed by atoms with van der Waals surface area (Å²) in [6.45, 7) is 1.86. The minimum absolute atomic E-state index is 0.00101. The van der Waals surface area contributed by atoms with Crippen molar-refractivity contribution in [3.8, 4) is 0 Å². The van der Waals surface area contributed by atoms with Gasteiger partial charge in [0.25, 0.3) is 5.09 Å². The van der Waals surface area contributed by atoms with E-state index in [1.807, 2.05) is 30.3 Å². The smallest absolute Gasteiger partial charge is 0.329 e. The van der Waals surface area contributed by atoms with Crippen molar-refractivity contribution in [3.05, 3.63) is 46.0 Å². The number of aliphatic carboxylic acids is 1. The Kier molecular flexibility index (Phi) is 8.56. The third-order valence-corrected chi connectivity index (χ3v) is 6.94. The average Bonchev–Trinajstić information content (AvgIpc) is 3.60. The van der Waals surface area contributed by atoms with Gasteiger partial charge in [-0.3, -0.25) is 14.9 Å². The number of hydrogen-bond acceptors (Lipinski definition) is 10. The molecular weight excluding hydrogens is 490 g/mol. The van der Waals surface area contributed by atoms with Gasteiger partial charge in [-0.25, -0.2) is 4.79 Å². The highest BCUT2D eigenvalue weighted by Crippen LogP contribution is 2.31. The number of rotatable bonds is 11. The second kappa shape index (κ2) is 11.8. The van der Waals surface area contributed by atoms with E-state index in [0.717, 1.165) is 5.56 Å². The molecule has 3 aliphatic rings. The summed E-state index contributed by atoms with van der Waals surface area (Å²) < 4.78 is 16.7. The lowest BCUT2D eigenvalue weighted by Gasteiger charge is -2.29. The number of amides is 1. The summed E-state index contributed by atoms with van der Waals surface area (Å²) in [4.78, 5) is 54.6. The topological polar surface area (TPSA) is 167 Å². The van der Waals surface area contributed by atoms with Crippen LogP contribution in [0.15, 0.2) is 30.3 Å². The number of benzene rings is 1. The zero-order valence-electron chi connectivity index (χ0n) is 20.4. The van der Waals surface area contributed by atoms with Gasteiger partial charge in [-0.15, -0.1) is 10.1 Å². The monoisotopic (exact) mass is 521 g/mol. The fourth-order valence-corrected chi connectivity index (χ4v) is 5.09. The number of carboxylic acid groups (broad SMARTS) is 1. The lowest BCUT2D eigenvalue weighted by atomic mass is 10.0. The molecule has 3 aliphatic heterocycles. The van der Waals surface area contributed by atoms with Gasteiger partial charge in [-0.2, -0.15) is 0 Å². The first-order chi connectivity index (χ1) is 17.7. The van der Waals surface area contributed by atoms with Crippen molar-refractivity contribution in [1.29, 1.82) is 0 Å². The maximum absolute atomic E-state index is 13.2.